The van der Waals surface area contributed by atoms with Crippen molar-refractivity contribution in [2.75, 3.05) is 0 Å². The quantitative estimate of drug-likeness (QED) is 0.260. The number of hydrogen-bond donors (Lipinski definition) is 1. The van der Waals surface area contributed by atoms with Crippen molar-refractivity contribution in [1.82, 2.24) is 4.90 Å². The van der Waals surface area contributed by atoms with Gasteiger partial charge < -0.3 is 9.84 Å². The summed E-state index contributed by atoms with van der Waals surface area (Å²) in [6.07, 6.45) is 1.85. The molecule has 0 aromatic heterocycles. The predicted octanol–water partition coefficient (Wildman–Crippen LogP) is 6.77. The van der Waals surface area contributed by atoms with Gasteiger partial charge in [-0.05, 0) is 70.9 Å². The SMILES string of the molecule is O=C(O)c1ccc(CN2C(=O)/C(=C/c3ccc(OCc4ccccc4)cc3)SC2=Nc2ccccc2)cc1. The molecule has 1 N–H and O–H groups in total. The average Bonchev–Trinajstić information content (AvgIpc) is 3.23. The monoisotopic (exact) mass is 520 g/mol. The zero-order valence-electron chi connectivity index (χ0n) is 20.4. The lowest BCUT2D eigenvalue weighted by molar-refractivity contribution is -0.122. The number of benzene rings is 4. The lowest BCUT2D eigenvalue weighted by atomic mass is 10.1. The van der Waals surface area contributed by atoms with Crippen LogP contribution in [0.2, 0.25) is 0 Å². The molecule has 1 heterocycles. The minimum atomic E-state index is -0.989. The van der Waals surface area contributed by atoms with Gasteiger partial charge in [0.05, 0.1) is 22.7 Å². The van der Waals surface area contributed by atoms with Crippen LogP contribution >= 0.6 is 11.8 Å². The Bertz CT molecular complexity index is 1480. The molecule has 5 rings (SSSR count). The van der Waals surface area contributed by atoms with Crippen molar-refractivity contribution in [3.8, 4) is 5.75 Å². The highest BCUT2D eigenvalue weighted by molar-refractivity contribution is 8.18. The van der Waals surface area contributed by atoms with Crippen molar-refractivity contribution in [1.29, 1.82) is 0 Å². The first kappa shape index (κ1) is 25.0. The van der Waals surface area contributed by atoms with Gasteiger partial charge in [0.15, 0.2) is 5.17 Å². The summed E-state index contributed by atoms with van der Waals surface area (Å²) in [7, 11) is 0. The molecule has 1 aliphatic heterocycles. The summed E-state index contributed by atoms with van der Waals surface area (Å²) in [5, 5.41) is 9.75. The number of carbonyl (C=O) groups is 2. The highest BCUT2D eigenvalue weighted by Gasteiger charge is 2.33. The summed E-state index contributed by atoms with van der Waals surface area (Å²) in [6, 6.07) is 33.6. The lowest BCUT2D eigenvalue weighted by Crippen LogP contribution is -2.28. The molecule has 6 nitrogen and oxygen atoms in total. The molecule has 0 atom stereocenters. The Kier molecular flexibility index (Phi) is 7.66. The van der Waals surface area contributed by atoms with E-state index in [0.29, 0.717) is 16.7 Å². The van der Waals surface area contributed by atoms with Crippen LogP contribution in [0.15, 0.2) is 119 Å². The van der Waals surface area contributed by atoms with Gasteiger partial charge in [0.25, 0.3) is 5.91 Å². The Morgan fingerprint density at radius 3 is 2.16 bits per heavy atom. The van der Waals surface area contributed by atoms with Crippen molar-refractivity contribution in [3.05, 3.63) is 136 Å². The van der Waals surface area contributed by atoms with Crippen LogP contribution in [0.1, 0.15) is 27.0 Å². The molecule has 1 fully saturated rings. The number of hydrogen-bond acceptors (Lipinski definition) is 5. The molecule has 1 aliphatic rings. The zero-order chi connectivity index (χ0) is 26.3. The third kappa shape index (κ3) is 6.19. The summed E-state index contributed by atoms with van der Waals surface area (Å²) in [5.41, 5.74) is 3.72. The molecular weight excluding hydrogens is 496 g/mol. The second kappa shape index (κ2) is 11.6. The number of carboxylic acids is 1. The molecule has 38 heavy (non-hydrogen) atoms. The fourth-order valence-corrected chi connectivity index (χ4v) is 4.83. The summed E-state index contributed by atoms with van der Waals surface area (Å²) >= 11 is 1.32. The Morgan fingerprint density at radius 2 is 1.50 bits per heavy atom. The van der Waals surface area contributed by atoms with Gasteiger partial charge in [-0.1, -0.05) is 72.8 Å². The first-order valence-corrected chi connectivity index (χ1v) is 12.8. The zero-order valence-corrected chi connectivity index (χ0v) is 21.2. The molecule has 1 saturated heterocycles. The Balaban J connectivity index is 1.36. The van der Waals surface area contributed by atoms with E-state index in [9.17, 15) is 14.7 Å². The fourth-order valence-electron chi connectivity index (χ4n) is 3.83. The first-order valence-electron chi connectivity index (χ1n) is 12.0. The largest absolute Gasteiger partial charge is 0.489 e. The van der Waals surface area contributed by atoms with E-state index in [4.69, 9.17) is 9.73 Å². The maximum Gasteiger partial charge on any atom is 0.335 e. The summed E-state index contributed by atoms with van der Waals surface area (Å²) in [5.74, 6) is -0.395. The van der Waals surface area contributed by atoms with E-state index in [-0.39, 0.29) is 18.0 Å². The van der Waals surface area contributed by atoms with E-state index in [2.05, 4.69) is 0 Å². The number of amides is 1. The van der Waals surface area contributed by atoms with Crippen LogP contribution in [0.5, 0.6) is 5.75 Å². The topological polar surface area (TPSA) is 79.2 Å². The van der Waals surface area contributed by atoms with E-state index in [0.717, 1.165) is 28.1 Å². The number of nitrogens with zero attached hydrogens (tertiary/aromatic N) is 2. The number of amidine groups is 1. The normalized spacial score (nSPS) is 15.3. The standard InChI is InChI=1S/C31H24N2O4S/c34-29-28(19-22-13-17-27(18-14-22)37-21-24-7-3-1-4-8-24)38-31(32-26-9-5-2-6-10-26)33(29)20-23-11-15-25(16-12-23)30(35)36/h1-19H,20-21H2,(H,35,36)/b28-19-,32-31?. The molecule has 4 aromatic carbocycles. The van der Waals surface area contributed by atoms with Crippen molar-refractivity contribution < 1.29 is 19.4 Å². The molecule has 0 bridgehead atoms. The number of aliphatic imine (C=N–C) groups is 1. The van der Waals surface area contributed by atoms with E-state index < -0.39 is 5.97 Å². The van der Waals surface area contributed by atoms with Crippen LogP contribution in [0.4, 0.5) is 5.69 Å². The Hall–Kier alpha value is -4.62. The molecule has 188 valence electrons. The molecule has 1 amide bonds. The second-order valence-corrected chi connectivity index (χ2v) is 9.59. The van der Waals surface area contributed by atoms with E-state index in [1.165, 1.54) is 23.9 Å². The van der Waals surface area contributed by atoms with E-state index in [1.807, 2.05) is 91.0 Å². The van der Waals surface area contributed by atoms with E-state index >= 15 is 0 Å². The molecule has 0 aliphatic carbocycles. The van der Waals surface area contributed by atoms with Gasteiger partial charge in [-0.3, -0.25) is 9.69 Å². The molecule has 0 radical (unpaired) electrons. The Morgan fingerprint density at radius 1 is 0.842 bits per heavy atom. The number of aromatic carboxylic acids is 1. The van der Waals surface area contributed by atoms with Crippen LogP contribution < -0.4 is 4.74 Å². The summed E-state index contributed by atoms with van der Waals surface area (Å²) in [6.45, 7) is 0.762. The highest BCUT2D eigenvalue weighted by Crippen LogP contribution is 2.35. The number of carboxylic acid groups (broad SMARTS) is 1. The second-order valence-electron chi connectivity index (χ2n) is 8.58. The van der Waals surface area contributed by atoms with Gasteiger partial charge in [-0.25, -0.2) is 9.79 Å². The van der Waals surface area contributed by atoms with Crippen LogP contribution in [0.3, 0.4) is 0 Å². The summed E-state index contributed by atoms with van der Waals surface area (Å²) in [4.78, 5) is 31.6. The maximum absolute atomic E-state index is 13.5. The third-order valence-corrected chi connectivity index (χ3v) is 6.84. The average molecular weight is 521 g/mol. The Labute approximate surface area is 224 Å². The smallest absolute Gasteiger partial charge is 0.335 e. The minimum Gasteiger partial charge on any atom is -0.489 e. The van der Waals surface area contributed by atoms with Gasteiger partial charge in [0.1, 0.15) is 12.4 Å². The number of carbonyl (C=O) groups excluding carboxylic acids is 1. The van der Waals surface area contributed by atoms with Crippen molar-refractivity contribution >= 4 is 40.6 Å². The van der Waals surface area contributed by atoms with Crippen LogP contribution in [-0.2, 0) is 17.9 Å². The number of para-hydroxylation sites is 1. The van der Waals surface area contributed by atoms with E-state index in [1.54, 1.807) is 17.0 Å². The predicted molar refractivity (Wildman–Crippen MR) is 150 cm³/mol. The molecular formula is C31H24N2O4S. The number of rotatable bonds is 8. The van der Waals surface area contributed by atoms with Gasteiger partial charge in [-0.2, -0.15) is 0 Å². The van der Waals surface area contributed by atoms with Gasteiger partial charge in [0, 0.05) is 0 Å². The van der Waals surface area contributed by atoms with Crippen LogP contribution in [0, 0.1) is 0 Å². The van der Waals surface area contributed by atoms with Crippen molar-refractivity contribution in [2.24, 2.45) is 4.99 Å². The van der Waals surface area contributed by atoms with Crippen LogP contribution in [0.25, 0.3) is 6.08 Å². The molecule has 0 spiro atoms. The van der Waals surface area contributed by atoms with Crippen LogP contribution in [-0.4, -0.2) is 27.1 Å². The van der Waals surface area contributed by atoms with Gasteiger partial charge >= 0.3 is 5.97 Å². The molecule has 4 aromatic rings. The first-order chi connectivity index (χ1) is 18.5. The van der Waals surface area contributed by atoms with Gasteiger partial charge in [0.2, 0.25) is 0 Å². The molecule has 0 saturated carbocycles. The molecule has 7 heteroatoms. The van der Waals surface area contributed by atoms with Crippen molar-refractivity contribution in [2.45, 2.75) is 13.2 Å². The minimum absolute atomic E-state index is 0.156. The fraction of sp³-hybridized carbons (Fsp3) is 0.0645. The maximum atomic E-state index is 13.5. The third-order valence-electron chi connectivity index (χ3n) is 5.84. The number of thioether (sulfide) groups is 1. The molecule has 0 unspecified atom stereocenters. The lowest BCUT2D eigenvalue weighted by Gasteiger charge is -2.16. The van der Waals surface area contributed by atoms with Crippen molar-refractivity contribution in [3.63, 3.8) is 0 Å². The highest BCUT2D eigenvalue weighted by atomic mass is 32.2. The summed E-state index contributed by atoms with van der Waals surface area (Å²) < 4.78 is 5.87. The van der Waals surface area contributed by atoms with Gasteiger partial charge in [-0.15, -0.1) is 0 Å². The number of ether oxygens (including phenoxy) is 1.